The predicted octanol–water partition coefficient (Wildman–Crippen LogP) is 4.38. The van der Waals surface area contributed by atoms with Crippen molar-refractivity contribution in [3.63, 3.8) is 0 Å². The number of aryl methyl sites for hydroxylation is 2. The summed E-state index contributed by atoms with van der Waals surface area (Å²) in [6.45, 7) is 8.15. The average Bonchev–Trinajstić information content (AvgIpc) is 3.23. The van der Waals surface area contributed by atoms with Gasteiger partial charge >= 0.3 is 0 Å². The van der Waals surface area contributed by atoms with Crippen LogP contribution in [-0.4, -0.2) is 20.8 Å². The van der Waals surface area contributed by atoms with Crippen LogP contribution in [0.15, 0.2) is 35.0 Å². The Morgan fingerprint density at radius 3 is 2.70 bits per heavy atom. The normalized spacial score (nSPS) is 17.6. The molecule has 1 atom stereocenters. The molecule has 6 nitrogen and oxygen atoms in total. The number of rotatable bonds is 5. The molecular weight excluding hydrogens is 383 g/mol. The first-order chi connectivity index (χ1) is 14.2. The van der Waals surface area contributed by atoms with E-state index in [1.54, 1.807) is 12.1 Å². The molecule has 158 valence electrons. The Morgan fingerprint density at radius 1 is 1.30 bits per heavy atom. The van der Waals surface area contributed by atoms with E-state index in [1.807, 2.05) is 24.7 Å². The van der Waals surface area contributed by atoms with E-state index in [9.17, 15) is 9.18 Å². The molecule has 0 radical (unpaired) electrons. The molecule has 1 aliphatic rings. The highest BCUT2D eigenvalue weighted by molar-refractivity contribution is 5.77. The maximum Gasteiger partial charge on any atom is 0.220 e. The Hall–Kier alpha value is -2.96. The lowest BCUT2D eigenvalue weighted by molar-refractivity contribution is -0.122. The van der Waals surface area contributed by atoms with E-state index in [1.165, 1.54) is 12.1 Å². The minimum atomic E-state index is -0.275. The fourth-order valence-corrected chi connectivity index (χ4v) is 4.34. The van der Waals surface area contributed by atoms with Gasteiger partial charge in [0.2, 0.25) is 5.91 Å². The third-order valence-corrected chi connectivity index (χ3v) is 5.87. The summed E-state index contributed by atoms with van der Waals surface area (Å²) in [4.78, 5) is 12.7. The maximum absolute atomic E-state index is 13.3. The number of hydrogen-bond acceptors (Lipinski definition) is 4. The van der Waals surface area contributed by atoms with Crippen molar-refractivity contribution < 1.29 is 13.7 Å². The van der Waals surface area contributed by atoms with Crippen molar-refractivity contribution in [2.75, 3.05) is 0 Å². The monoisotopic (exact) mass is 410 g/mol. The molecule has 4 rings (SSSR count). The van der Waals surface area contributed by atoms with E-state index in [4.69, 9.17) is 4.52 Å². The topological polar surface area (TPSA) is 73.0 Å². The van der Waals surface area contributed by atoms with E-state index < -0.39 is 0 Å². The van der Waals surface area contributed by atoms with Crippen molar-refractivity contribution in [1.29, 1.82) is 0 Å². The Balaban J connectivity index is 1.53. The average molecular weight is 410 g/mol. The Morgan fingerprint density at radius 2 is 2.03 bits per heavy atom. The van der Waals surface area contributed by atoms with Crippen LogP contribution in [0.3, 0.4) is 0 Å². The van der Waals surface area contributed by atoms with Crippen molar-refractivity contribution in [1.82, 2.24) is 20.3 Å². The van der Waals surface area contributed by atoms with Gasteiger partial charge in [-0.15, -0.1) is 0 Å². The van der Waals surface area contributed by atoms with Crippen molar-refractivity contribution in [3.05, 3.63) is 64.6 Å². The van der Waals surface area contributed by atoms with Gasteiger partial charge in [-0.2, -0.15) is 5.10 Å². The van der Waals surface area contributed by atoms with Gasteiger partial charge in [-0.25, -0.2) is 9.07 Å². The summed E-state index contributed by atoms with van der Waals surface area (Å²) in [5, 5.41) is 11.7. The van der Waals surface area contributed by atoms with Gasteiger partial charge in [0.15, 0.2) is 0 Å². The Kier molecular flexibility index (Phi) is 5.22. The van der Waals surface area contributed by atoms with Crippen molar-refractivity contribution in [2.24, 2.45) is 5.41 Å². The molecule has 0 spiro atoms. The molecule has 3 aromatic rings. The number of nitrogens with zero attached hydrogens (tertiary/aromatic N) is 3. The van der Waals surface area contributed by atoms with E-state index in [0.29, 0.717) is 12.8 Å². The van der Waals surface area contributed by atoms with E-state index in [2.05, 4.69) is 29.4 Å². The number of fused-ring (bicyclic) bond motifs is 1. The lowest BCUT2D eigenvalue weighted by atomic mass is 9.74. The summed E-state index contributed by atoms with van der Waals surface area (Å²) >= 11 is 0. The Bertz CT molecular complexity index is 1050. The van der Waals surface area contributed by atoms with Crippen LogP contribution in [0.2, 0.25) is 0 Å². The van der Waals surface area contributed by atoms with Crippen LogP contribution in [0.4, 0.5) is 4.39 Å². The second-order valence-electron chi connectivity index (χ2n) is 8.90. The van der Waals surface area contributed by atoms with Crippen molar-refractivity contribution >= 4 is 5.91 Å². The lowest BCUT2D eigenvalue weighted by Crippen LogP contribution is -2.36. The van der Waals surface area contributed by atoms with Gasteiger partial charge in [-0.3, -0.25) is 4.79 Å². The molecule has 30 heavy (non-hydrogen) atoms. The Labute approximate surface area is 175 Å². The first-order valence-corrected chi connectivity index (χ1v) is 10.3. The molecule has 1 amide bonds. The third kappa shape index (κ3) is 4.01. The van der Waals surface area contributed by atoms with Crippen LogP contribution in [-0.2, 0) is 17.6 Å². The zero-order chi connectivity index (χ0) is 21.5. The number of carbonyl (C=O) groups excluding carboxylic acids is 1. The minimum Gasteiger partial charge on any atom is -0.361 e. The van der Waals surface area contributed by atoms with E-state index in [-0.39, 0.29) is 23.2 Å². The van der Waals surface area contributed by atoms with Gasteiger partial charge in [0.05, 0.1) is 29.3 Å². The highest BCUT2D eigenvalue weighted by Gasteiger charge is 2.36. The summed E-state index contributed by atoms with van der Waals surface area (Å²) < 4.78 is 20.4. The molecule has 0 aliphatic heterocycles. The molecule has 2 aromatic heterocycles. The lowest BCUT2D eigenvalue weighted by Gasteiger charge is -2.36. The van der Waals surface area contributed by atoms with Crippen molar-refractivity contribution in [2.45, 2.75) is 59.4 Å². The number of amides is 1. The summed E-state index contributed by atoms with van der Waals surface area (Å²) in [5.41, 5.74) is 4.75. The largest absolute Gasteiger partial charge is 0.361 e. The van der Waals surface area contributed by atoms with Crippen molar-refractivity contribution in [3.8, 4) is 5.69 Å². The van der Waals surface area contributed by atoms with Gasteiger partial charge in [0.1, 0.15) is 11.6 Å². The third-order valence-electron chi connectivity index (χ3n) is 5.87. The second-order valence-corrected chi connectivity index (χ2v) is 8.90. The van der Waals surface area contributed by atoms with Crippen LogP contribution >= 0.6 is 0 Å². The zero-order valence-electron chi connectivity index (χ0n) is 17.8. The first-order valence-electron chi connectivity index (χ1n) is 10.3. The molecule has 0 unspecified atom stereocenters. The van der Waals surface area contributed by atoms with E-state index >= 15 is 0 Å². The molecule has 0 saturated heterocycles. The first kappa shape index (κ1) is 20.3. The number of carbonyl (C=O) groups is 1. The van der Waals surface area contributed by atoms with Gasteiger partial charge in [0.25, 0.3) is 0 Å². The van der Waals surface area contributed by atoms with Gasteiger partial charge in [-0.05, 0) is 62.8 Å². The highest BCUT2D eigenvalue weighted by atomic mass is 19.1. The molecule has 1 N–H and O–H groups in total. The summed E-state index contributed by atoms with van der Waals surface area (Å²) in [6.07, 6.45) is 4.48. The highest BCUT2D eigenvalue weighted by Crippen LogP contribution is 2.41. The maximum atomic E-state index is 13.3. The van der Waals surface area contributed by atoms with Crippen LogP contribution in [0, 0.1) is 25.1 Å². The summed E-state index contributed by atoms with van der Waals surface area (Å²) in [7, 11) is 0. The molecule has 1 aromatic carbocycles. The number of benzene rings is 1. The fraction of sp³-hybridized carbons (Fsp3) is 0.435. The summed E-state index contributed by atoms with van der Waals surface area (Å²) in [6, 6.07) is 6.22. The van der Waals surface area contributed by atoms with Gasteiger partial charge in [-0.1, -0.05) is 19.0 Å². The standard InChI is InChI=1S/C23H27FN4O2/c1-14-18(15(2)30-27-14)9-10-22(29)26-20-11-23(3,4)12-21-19(20)13-25-28(21)17-7-5-16(24)6-8-17/h5-8,13,20H,9-12H2,1-4H3,(H,26,29)/t20-/m0/s1. The molecule has 2 heterocycles. The quantitative estimate of drug-likeness (QED) is 0.678. The van der Waals surface area contributed by atoms with Gasteiger partial charge in [0, 0.05) is 17.5 Å². The smallest absolute Gasteiger partial charge is 0.220 e. The molecule has 7 heteroatoms. The van der Waals surface area contributed by atoms with Crippen LogP contribution in [0.25, 0.3) is 5.69 Å². The van der Waals surface area contributed by atoms with Gasteiger partial charge < -0.3 is 9.84 Å². The second kappa shape index (κ2) is 7.70. The number of nitrogens with one attached hydrogen (secondary N) is 1. The molecule has 0 saturated carbocycles. The molecule has 1 aliphatic carbocycles. The minimum absolute atomic E-state index is 0.00168. The fourth-order valence-electron chi connectivity index (χ4n) is 4.34. The number of hydrogen-bond donors (Lipinski definition) is 1. The van der Waals surface area contributed by atoms with Crippen LogP contribution < -0.4 is 5.32 Å². The molecule has 0 fully saturated rings. The number of halogens is 1. The predicted molar refractivity (Wildman–Crippen MR) is 111 cm³/mol. The molecular formula is C23H27FN4O2. The van der Waals surface area contributed by atoms with Crippen LogP contribution in [0.1, 0.15) is 61.0 Å². The number of aromatic nitrogens is 3. The zero-order valence-corrected chi connectivity index (χ0v) is 17.8. The van der Waals surface area contributed by atoms with E-state index in [0.717, 1.165) is 46.8 Å². The molecule has 0 bridgehead atoms. The summed E-state index contributed by atoms with van der Waals surface area (Å²) in [5.74, 6) is 0.490. The van der Waals surface area contributed by atoms with Crippen LogP contribution in [0.5, 0.6) is 0 Å². The SMILES string of the molecule is Cc1noc(C)c1CCC(=O)N[C@H]1CC(C)(C)Cc2c1cnn2-c1ccc(F)cc1.